The fourth-order valence-electron chi connectivity index (χ4n) is 2.15. The third-order valence-corrected chi connectivity index (χ3v) is 3.38. The number of para-hydroxylation sites is 1. The van der Waals surface area contributed by atoms with Gasteiger partial charge < -0.3 is 14.2 Å². The van der Waals surface area contributed by atoms with Crippen LogP contribution in [-0.4, -0.2) is 26.2 Å². The van der Waals surface area contributed by atoms with E-state index in [0.717, 1.165) is 12.0 Å². The predicted molar refractivity (Wildman–Crippen MR) is 85.0 cm³/mol. The molecule has 0 amide bonds. The average Bonchev–Trinajstić information content (AvgIpc) is 2.61. The molecule has 0 aliphatic heterocycles. The molecule has 0 fully saturated rings. The van der Waals surface area contributed by atoms with E-state index in [2.05, 4.69) is 4.74 Å². The van der Waals surface area contributed by atoms with E-state index in [4.69, 9.17) is 9.47 Å². The molecule has 0 heterocycles. The van der Waals surface area contributed by atoms with Crippen molar-refractivity contribution in [2.45, 2.75) is 13.3 Å². The molecular weight excluding hydrogens is 296 g/mol. The molecule has 0 saturated carbocycles. The first kappa shape index (κ1) is 16.5. The van der Waals surface area contributed by atoms with Crippen molar-refractivity contribution in [3.05, 3.63) is 59.2 Å². The van der Waals surface area contributed by atoms with Crippen molar-refractivity contribution in [2.75, 3.05) is 14.2 Å². The SMILES string of the molecule is CCc1ccccc1Oc1ccc(C(=O)OC)cc1C(=O)OC. The number of hydrogen-bond donors (Lipinski definition) is 0. The van der Waals surface area contributed by atoms with Crippen LogP contribution in [0.15, 0.2) is 42.5 Å². The highest BCUT2D eigenvalue weighted by Gasteiger charge is 2.18. The Balaban J connectivity index is 2.45. The maximum Gasteiger partial charge on any atom is 0.341 e. The van der Waals surface area contributed by atoms with Gasteiger partial charge in [0.2, 0.25) is 0 Å². The molecule has 0 saturated heterocycles. The van der Waals surface area contributed by atoms with Crippen molar-refractivity contribution in [1.29, 1.82) is 0 Å². The second-order valence-corrected chi connectivity index (χ2v) is 4.76. The van der Waals surface area contributed by atoms with E-state index in [1.807, 2.05) is 31.2 Å². The summed E-state index contributed by atoms with van der Waals surface area (Å²) in [6, 6.07) is 12.1. The van der Waals surface area contributed by atoms with E-state index in [-0.39, 0.29) is 11.1 Å². The predicted octanol–water partition coefficient (Wildman–Crippen LogP) is 3.61. The van der Waals surface area contributed by atoms with Crippen LogP contribution >= 0.6 is 0 Å². The first-order chi connectivity index (χ1) is 11.1. The van der Waals surface area contributed by atoms with Gasteiger partial charge in [0.15, 0.2) is 0 Å². The molecule has 0 N–H and O–H groups in total. The minimum absolute atomic E-state index is 0.168. The first-order valence-corrected chi connectivity index (χ1v) is 7.17. The minimum atomic E-state index is -0.584. The fourth-order valence-corrected chi connectivity index (χ4v) is 2.15. The lowest BCUT2D eigenvalue weighted by molar-refractivity contribution is 0.0597. The van der Waals surface area contributed by atoms with Crippen molar-refractivity contribution in [3.63, 3.8) is 0 Å². The van der Waals surface area contributed by atoms with Gasteiger partial charge in [-0.1, -0.05) is 25.1 Å². The Hall–Kier alpha value is -2.82. The summed E-state index contributed by atoms with van der Waals surface area (Å²) in [6.07, 6.45) is 0.796. The van der Waals surface area contributed by atoms with Crippen molar-refractivity contribution < 1.29 is 23.8 Å². The second kappa shape index (κ2) is 7.45. The molecule has 23 heavy (non-hydrogen) atoms. The van der Waals surface area contributed by atoms with Gasteiger partial charge in [-0.05, 0) is 36.2 Å². The van der Waals surface area contributed by atoms with Gasteiger partial charge in [0.1, 0.15) is 17.1 Å². The van der Waals surface area contributed by atoms with E-state index in [9.17, 15) is 9.59 Å². The van der Waals surface area contributed by atoms with Gasteiger partial charge in [0.05, 0.1) is 19.8 Å². The van der Waals surface area contributed by atoms with Crippen molar-refractivity contribution in [3.8, 4) is 11.5 Å². The Morgan fingerprint density at radius 3 is 2.26 bits per heavy atom. The van der Waals surface area contributed by atoms with Crippen LogP contribution in [0.1, 0.15) is 33.2 Å². The Labute approximate surface area is 134 Å². The van der Waals surface area contributed by atoms with Gasteiger partial charge in [-0.15, -0.1) is 0 Å². The zero-order chi connectivity index (χ0) is 16.8. The topological polar surface area (TPSA) is 61.8 Å². The summed E-state index contributed by atoms with van der Waals surface area (Å²) in [5, 5.41) is 0. The molecule has 0 atom stereocenters. The van der Waals surface area contributed by atoms with Crippen LogP contribution in [0.3, 0.4) is 0 Å². The van der Waals surface area contributed by atoms with Crippen molar-refractivity contribution >= 4 is 11.9 Å². The smallest absolute Gasteiger partial charge is 0.341 e. The number of esters is 2. The lowest BCUT2D eigenvalue weighted by Crippen LogP contribution is -2.08. The zero-order valence-corrected chi connectivity index (χ0v) is 13.3. The molecule has 5 heteroatoms. The van der Waals surface area contributed by atoms with E-state index < -0.39 is 11.9 Å². The fraction of sp³-hybridized carbons (Fsp3) is 0.222. The van der Waals surface area contributed by atoms with E-state index in [1.54, 1.807) is 12.1 Å². The van der Waals surface area contributed by atoms with Gasteiger partial charge in [-0.2, -0.15) is 0 Å². The van der Waals surface area contributed by atoms with Crippen molar-refractivity contribution in [2.24, 2.45) is 0 Å². The summed E-state index contributed by atoms with van der Waals surface area (Å²) in [4.78, 5) is 23.6. The Bertz CT molecular complexity index is 721. The Morgan fingerprint density at radius 1 is 0.913 bits per heavy atom. The summed E-state index contributed by atoms with van der Waals surface area (Å²) in [6.45, 7) is 2.02. The summed E-state index contributed by atoms with van der Waals surface area (Å²) in [5.41, 5.74) is 1.44. The maximum atomic E-state index is 12.0. The average molecular weight is 314 g/mol. The third-order valence-electron chi connectivity index (χ3n) is 3.38. The molecule has 2 aromatic rings. The van der Waals surface area contributed by atoms with Crippen LogP contribution in [-0.2, 0) is 15.9 Å². The van der Waals surface area contributed by atoms with Crippen LogP contribution in [0.4, 0.5) is 0 Å². The molecular formula is C18H18O5. The molecule has 120 valence electrons. The standard InChI is InChI=1S/C18H18O5/c1-4-12-7-5-6-8-15(12)23-16-10-9-13(17(19)21-2)11-14(16)18(20)22-3/h5-11H,4H2,1-3H3. The van der Waals surface area contributed by atoms with Crippen LogP contribution in [0.25, 0.3) is 0 Å². The molecule has 2 rings (SSSR count). The normalized spacial score (nSPS) is 10.0. The minimum Gasteiger partial charge on any atom is -0.465 e. The maximum absolute atomic E-state index is 12.0. The Morgan fingerprint density at radius 2 is 1.61 bits per heavy atom. The zero-order valence-electron chi connectivity index (χ0n) is 13.3. The van der Waals surface area contributed by atoms with E-state index in [0.29, 0.717) is 11.5 Å². The van der Waals surface area contributed by atoms with Gasteiger partial charge in [0.25, 0.3) is 0 Å². The molecule has 5 nitrogen and oxygen atoms in total. The molecule has 0 aliphatic carbocycles. The summed E-state index contributed by atoms with van der Waals surface area (Å²) < 4.78 is 15.3. The molecule has 2 aromatic carbocycles. The van der Waals surface area contributed by atoms with Crippen molar-refractivity contribution in [1.82, 2.24) is 0 Å². The number of rotatable bonds is 5. The number of carbonyl (C=O) groups is 2. The van der Waals surface area contributed by atoms with Crippen LogP contribution < -0.4 is 4.74 Å². The number of aryl methyl sites for hydroxylation is 1. The highest BCUT2D eigenvalue weighted by molar-refractivity contribution is 5.97. The summed E-state index contributed by atoms with van der Waals surface area (Å²) >= 11 is 0. The molecule has 0 aliphatic rings. The van der Waals surface area contributed by atoms with Gasteiger partial charge in [0, 0.05) is 0 Å². The number of hydrogen-bond acceptors (Lipinski definition) is 5. The molecule has 0 radical (unpaired) electrons. The molecule has 0 aromatic heterocycles. The van der Waals surface area contributed by atoms with E-state index >= 15 is 0 Å². The molecule has 0 unspecified atom stereocenters. The lowest BCUT2D eigenvalue weighted by Gasteiger charge is -2.13. The number of carbonyl (C=O) groups excluding carboxylic acids is 2. The highest BCUT2D eigenvalue weighted by Crippen LogP contribution is 2.29. The second-order valence-electron chi connectivity index (χ2n) is 4.76. The van der Waals surface area contributed by atoms with E-state index in [1.165, 1.54) is 20.3 Å². The largest absolute Gasteiger partial charge is 0.465 e. The Kier molecular flexibility index (Phi) is 5.36. The third kappa shape index (κ3) is 3.69. The lowest BCUT2D eigenvalue weighted by atomic mass is 10.1. The van der Waals surface area contributed by atoms with Crippen LogP contribution in [0.5, 0.6) is 11.5 Å². The number of ether oxygens (including phenoxy) is 3. The number of benzene rings is 2. The first-order valence-electron chi connectivity index (χ1n) is 7.17. The molecule has 0 bridgehead atoms. The highest BCUT2D eigenvalue weighted by atomic mass is 16.5. The summed E-state index contributed by atoms with van der Waals surface area (Å²) in [7, 11) is 2.55. The van der Waals surface area contributed by atoms with Crippen LogP contribution in [0.2, 0.25) is 0 Å². The van der Waals surface area contributed by atoms with Gasteiger partial charge in [-0.25, -0.2) is 9.59 Å². The molecule has 0 spiro atoms. The monoisotopic (exact) mass is 314 g/mol. The quantitative estimate of drug-likeness (QED) is 0.789. The van der Waals surface area contributed by atoms with Crippen LogP contribution in [0, 0.1) is 0 Å². The van der Waals surface area contributed by atoms with Gasteiger partial charge in [-0.3, -0.25) is 0 Å². The summed E-state index contributed by atoms with van der Waals surface area (Å²) in [5.74, 6) is -0.133. The number of methoxy groups -OCH3 is 2. The van der Waals surface area contributed by atoms with Gasteiger partial charge >= 0.3 is 11.9 Å².